The van der Waals surface area contributed by atoms with Crippen LogP contribution in [0.5, 0.6) is 0 Å². The number of hydrogen-bond acceptors (Lipinski definition) is 5. The molecule has 2 amide bonds. The van der Waals surface area contributed by atoms with E-state index >= 15 is 0 Å². The van der Waals surface area contributed by atoms with E-state index in [0.717, 1.165) is 29.9 Å². The molecule has 7 nitrogen and oxygen atoms in total. The largest absolute Gasteiger partial charge is 0.361 e. The fourth-order valence-corrected chi connectivity index (χ4v) is 4.91. The van der Waals surface area contributed by atoms with E-state index in [-0.39, 0.29) is 17.2 Å². The van der Waals surface area contributed by atoms with Gasteiger partial charge in [0.25, 0.3) is 5.91 Å². The second kappa shape index (κ2) is 7.87. The average molecular weight is 411 g/mol. The van der Waals surface area contributed by atoms with E-state index in [2.05, 4.69) is 24.2 Å². The molecule has 2 fully saturated rings. The van der Waals surface area contributed by atoms with Gasteiger partial charge in [0.05, 0.1) is 12.1 Å². The molecule has 0 N–H and O–H groups in total. The molecule has 0 saturated carbocycles. The Kier molecular flexibility index (Phi) is 5.40. The van der Waals surface area contributed by atoms with Gasteiger partial charge >= 0.3 is 0 Å². The lowest BCUT2D eigenvalue weighted by Gasteiger charge is -2.51. The summed E-state index contributed by atoms with van der Waals surface area (Å²) in [4.78, 5) is 32.0. The van der Waals surface area contributed by atoms with E-state index in [1.165, 1.54) is 0 Å². The maximum absolute atomic E-state index is 13.0. The fourth-order valence-electron chi connectivity index (χ4n) is 4.91. The van der Waals surface area contributed by atoms with Crippen LogP contribution in [-0.2, 0) is 11.2 Å². The van der Waals surface area contributed by atoms with Crippen molar-refractivity contribution in [1.29, 1.82) is 0 Å². The zero-order valence-corrected chi connectivity index (χ0v) is 18.2. The van der Waals surface area contributed by atoms with E-state index < -0.39 is 0 Å². The SMILES string of the molecule is Cc1noc(C)c1CC(=O)N1CC2(C1)CN(C(=O)c1ccccc1)CC2CN(C)C. The molecule has 7 heteroatoms. The summed E-state index contributed by atoms with van der Waals surface area (Å²) < 4.78 is 5.19. The van der Waals surface area contributed by atoms with Crippen LogP contribution in [0.25, 0.3) is 0 Å². The Labute approximate surface area is 177 Å². The highest BCUT2D eigenvalue weighted by atomic mass is 16.5. The van der Waals surface area contributed by atoms with Crippen LogP contribution in [-0.4, -0.2) is 78.5 Å². The zero-order valence-electron chi connectivity index (χ0n) is 18.2. The van der Waals surface area contributed by atoms with Gasteiger partial charge in [-0.15, -0.1) is 0 Å². The Morgan fingerprint density at radius 3 is 2.40 bits per heavy atom. The molecule has 0 aliphatic carbocycles. The molecule has 3 heterocycles. The summed E-state index contributed by atoms with van der Waals surface area (Å²) >= 11 is 0. The average Bonchev–Trinajstić information content (AvgIpc) is 3.21. The molecule has 1 aromatic heterocycles. The van der Waals surface area contributed by atoms with Crippen molar-refractivity contribution in [3.05, 3.63) is 52.9 Å². The predicted molar refractivity (Wildman–Crippen MR) is 113 cm³/mol. The maximum Gasteiger partial charge on any atom is 0.253 e. The summed E-state index contributed by atoms with van der Waals surface area (Å²) in [7, 11) is 4.13. The third kappa shape index (κ3) is 3.74. The molecule has 1 atom stereocenters. The molecular formula is C23H30N4O3. The first-order chi connectivity index (χ1) is 14.3. The second-order valence-electron chi connectivity index (χ2n) is 9.10. The quantitative estimate of drug-likeness (QED) is 0.754. The van der Waals surface area contributed by atoms with Crippen molar-refractivity contribution in [2.24, 2.45) is 11.3 Å². The van der Waals surface area contributed by atoms with Gasteiger partial charge in [-0.3, -0.25) is 9.59 Å². The monoisotopic (exact) mass is 410 g/mol. The van der Waals surface area contributed by atoms with E-state index in [1.54, 1.807) is 0 Å². The first-order valence-electron chi connectivity index (χ1n) is 10.5. The highest BCUT2D eigenvalue weighted by Gasteiger charge is 2.56. The van der Waals surface area contributed by atoms with Crippen LogP contribution < -0.4 is 0 Å². The molecule has 0 bridgehead atoms. The molecule has 4 rings (SSSR count). The van der Waals surface area contributed by atoms with Crippen molar-refractivity contribution >= 4 is 11.8 Å². The van der Waals surface area contributed by atoms with Crippen molar-refractivity contribution in [3.63, 3.8) is 0 Å². The van der Waals surface area contributed by atoms with Crippen LogP contribution in [0.2, 0.25) is 0 Å². The van der Waals surface area contributed by atoms with Crippen molar-refractivity contribution in [2.75, 3.05) is 46.8 Å². The number of nitrogens with zero attached hydrogens (tertiary/aromatic N) is 4. The number of aromatic nitrogens is 1. The van der Waals surface area contributed by atoms with Crippen LogP contribution in [0.1, 0.15) is 27.4 Å². The first kappa shape index (κ1) is 20.6. The Bertz CT molecular complexity index is 912. The van der Waals surface area contributed by atoms with Gasteiger partial charge in [-0.05, 0) is 46.0 Å². The molecule has 2 aliphatic rings. The molecule has 1 spiro atoms. The van der Waals surface area contributed by atoms with Crippen LogP contribution in [0.4, 0.5) is 0 Å². The molecule has 1 unspecified atom stereocenters. The highest BCUT2D eigenvalue weighted by molar-refractivity contribution is 5.94. The Balaban J connectivity index is 1.45. The minimum atomic E-state index is -0.0247. The van der Waals surface area contributed by atoms with Crippen LogP contribution in [0, 0.1) is 25.2 Å². The molecule has 1 aromatic carbocycles. The summed E-state index contributed by atoms with van der Waals surface area (Å²) in [6.07, 6.45) is 0.322. The number of carbonyl (C=O) groups excluding carboxylic acids is 2. The lowest BCUT2D eigenvalue weighted by Crippen LogP contribution is -2.63. The topological polar surface area (TPSA) is 69.9 Å². The number of benzene rings is 1. The maximum atomic E-state index is 13.0. The van der Waals surface area contributed by atoms with Gasteiger partial charge in [0.1, 0.15) is 5.76 Å². The lowest BCUT2D eigenvalue weighted by molar-refractivity contribution is -0.144. The Morgan fingerprint density at radius 2 is 1.80 bits per heavy atom. The molecule has 30 heavy (non-hydrogen) atoms. The molecule has 2 aliphatic heterocycles. The Morgan fingerprint density at radius 1 is 1.13 bits per heavy atom. The lowest BCUT2D eigenvalue weighted by atomic mass is 9.71. The van der Waals surface area contributed by atoms with Gasteiger partial charge < -0.3 is 19.2 Å². The van der Waals surface area contributed by atoms with Gasteiger partial charge in [0, 0.05) is 49.3 Å². The van der Waals surface area contributed by atoms with Gasteiger partial charge in [-0.2, -0.15) is 0 Å². The zero-order chi connectivity index (χ0) is 21.5. The van der Waals surface area contributed by atoms with E-state index in [0.29, 0.717) is 37.7 Å². The molecule has 2 aromatic rings. The minimum absolute atomic E-state index is 0.0247. The van der Waals surface area contributed by atoms with Gasteiger partial charge in [-0.1, -0.05) is 23.4 Å². The van der Waals surface area contributed by atoms with E-state index in [1.807, 2.05) is 54.0 Å². The van der Waals surface area contributed by atoms with E-state index in [4.69, 9.17) is 4.52 Å². The third-order valence-electron chi connectivity index (χ3n) is 6.58. The predicted octanol–water partition coefficient (Wildman–Crippen LogP) is 2.00. The van der Waals surface area contributed by atoms with Crippen molar-refractivity contribution in [2.45, 2.75) is 20.3 Å². The van der Waals surface area contributed by atoms with Crippen molar-refractivity contribution in [3.8, 4) is 0 Å². The van der Waals surface area contributed by atoms with Crippen LogP contribution >= 0.6 is 0 Å². The molecule has 160 valence electrons. The first-order valence-corrected chi connectivity index (χ1v) is 10.5. The standard InChI is InChI=1S/C23H30N4O3/c1-16-20(17(2)30-24-16)10-21(28)27-14-23(15-27)13-26(12-19(23)11-25(3)4)22(29)18-8-6-5-7-9-18/h5-9,19H,10-15H2,1-4H3. The number of carbonyl (C=O) groups is 2. The molecule has 0 radical (unpaired) electrons. The fraction of sp³-hybridized carbons (Fsp3) is 0.522. The van der Waals surface area contributed by atoms with Crippen LogP contribution in [0.15, 0.2) is 34.9 Å². The number of amides is 2. The molecule has 2 saturated heterocycles. The molecular weight excluding hydrogens is 380 g/mol. The number of likely N-dealkylation sites (tertiary alicyclic amines) is 2. The smallest absolute Gasteiger partial charge is 0.253 e. The van der Waals surface area contributed by atoms with Gasteiger partial charge in [0.15, 0.2) is 0 Å². The van der Waals surface area contributed by atoms with Crippen LogP contribution in [0.3, 0.4) is 0 Å². The summed E-state index contributed by atoms with van der Waals surface area (Å²) in [5.41, 5.74) is 2.37. The van der Waals surface area contributed by atoms with Gasteiger partial charge in [-0.25, -0.2) is 0 Å². The highest BCUT2D eigenvalue weighted by Crippen LogP contribution is 2.44. The number of hydrogen-bond donors (Lipinski definition) is 0. The van der Waals surface area contributed by atoms with Crippen molar-refractivity contribution in [1.82, 2.24) is 19.9 Å². The Hall–Kier alpha value is -2.67. The third-order valence-corrected chi connectivity index (χ3v) is 6.58. The number of rotatable bonds is 5. The summed E-state index contributed by atoms with van der Waals surface area (Å²) in [5, 5.41) is 3.95. The van der Waals surface area contributed by atoms with Crippen molar-refractivity contribution < 1.29 is 14.1 Å². The summed E-state index contributed by atoms with van der Waals surface area (Å²) in [6.45, 7) is 7.46. The number of aryl methyl sites for hydroxylation is 2. The summed E-state index contributed by atoms with van der Waals surface area (Å²) in [6, 6.07) is 9.46. The second-order valence-corrected chi connectivity index (χ2v) is 9.10. The normalized spacial score (nSPS) is 20.1. The summed E-state index contributed by atoms with van der Waals surface area (Å²) in [5.74, 6) is 1.24. The van der Waals surface area contributed by atoms with Gasteiger partial charge in [0.2, 0.25) is 5.91 Å². The minimum Gasteiger partial charge on any atom is -0.361 e. The van der Waals surface area contributed by atoms with E-state index in [9.17, 15) is 9.59 Å².